The van der Waals surface area contributed by atoms with Crippen molar-refractivity contribution < 1.29 is 18.3 Å². The van der Waals surface area contributed by atoms with E-state index < -0.39 is 18.1 Å². The van der Waals surface area contributed by atoms with E-state index in [1.165, 1.54) is 4.90 Å². The number of amides is 1. The molecule has 0 unspecified atom stereocenters. The normalized spacial score (nSPS) is 11.9. The van der Waals surface area contributed by atoms with E-state index in [0.717, 1.165) is 0 Å². The summed E-state index contributed by atoms with van der Waals surface area (Å²) in [5.41, 5.74) is -1.69. The first-order valence-electron chi connectivity index (χ1n) is 8.71. The minimum atomic E-state index is -2.93. The number of alkyl halides is 2. The Balaban J connectivity index is 2.59. The summed E-state index contributed by atoms with van der Waals surface area (Å²) in [5.74, 6) is 0. The van der Waals surface area contributed by atoms with Crippen LogP contribution in [0.25, 0.3) is 0 Å². The van der Waals surface area contributed by atoms with E-state index in [1.807, 2.05) is 27.7 Å². The maximum Gasteiger partial charge on any atom is 0.411 e. The third-order valence-electron chi connectivity index (χ3n) is 4.28. The quantitative estimate of drug-likeness (QED) is 0.685. The van der Waals surface area contributed by atoms with E-state index >= 15 is 0 Å². The Hall–Kier alpha value is -2.43. The molecule has 2 aromatic carbocycles. The number of carbonyl (C=O) groups is 1. The minimum Gasteiger partial charge on any atom is -0.427 e. The smallest absolute Gasteiger partial charge is 0.411 e. The molecule has 0 aliphatic rings. The van der Waals surface area contributed by atoms with Gasteiger partial charge in [-0.15, -0.1) is 0 Å². The van der Waals surface area contributed by atoms with Crippen molar-refractivity contribution in [1.29, 1.82) is 0 Å². The predicted molar refractivity (Wildman–Crippen MR) is 98.3 cm³/mol. The van der Waals surface area contributed by atoms with Crippen molar-refractivity contribution in [3.8, 4) is 0 Å². The SMILES string of the molecule is CC(C)N(C(=O)OC(c1ccccc1)(c1ccccc1)C(F)F)C(C)C. The largest absolute Gasteiger partial charge is 0.427 e. The van der Waals surface area contributed by atoms with Crippen molar-refractivity contribution in [2.75, 3.05) is 0 Å². The Labute approximate surface area is 153 Å². The number of hydrogen-bond acceptors (Lipinski definition) is 2. The topological polar surface area (TPSA) is 29.5 Å². The van der Waals surface area contributed by atoms with Gasteiger partial charge in [-0.05, 0) is 27.7 Å². The lowest BCUT2D eigenvalue weighted by Crippen LogP contribution is -2.49. The van der Waals surface area contributed by atoms with Crippen LogP contribution in [0.2, 0.25) is 0 Å². The van der Waals surface area contributed by atoms with E-state index in [9.17, 15) is 13.6 Å². The Kier molecular flexibility index (Phi) is 6.35. The molecule has 0 bridgehead atoms. The zero-order valence-corrected chi connectivity index (χ0v) is 15.5. The van der Waals surface area contributed by atoms with Crippen LogP contribution in [0.15, 0.2) is 60.7 Å². The van der Waals surface area contributed by atoms with Crippen LogP contribution in [0.1, 0.15) is 38.8 Å². The first-order chi connectivity index (χ1) is 12.3. The molecule has 0 N–H and O–H groups in total. The molecule has 0 spiro atoms. The second-order valence-corrected chi connectivity index (χ2v) is 6.73. The number of nitrogens with zero attached hydrogens (tertiary/aromatic N) is 1. The van der Waals surface area contributed by atoms with Gasteiger partial charge in [-0.2, -0.15) is 0 Å². The summed E-state index contributed by atoms with van der Waals surface area (Å²) in [7, 11) is 0. The maximum absolute atomic E-state index is 14.5. The highest BCUT2D eigenvalue weighted by Gasteiger charge is 2.48. The van der Waals surface area contributed by atoms with Gasteiger partial charge < -0.3 is 9.64 Å². The summed E-state index contributed by atoms with van der Waals surface area (Å²) in [5, 5.41) is 0. The molecule has 0 radical (unpaired) electrons. The first-order valence-corrected chi connectivity index (χ1v) is 8.71. The first kappa shape index (κ1) is 19.9. The fraction of sp³-hybridized carbons (Fsp3) is 0.381. The number of ether oxygens (including phenoxy) is 1. The van der Waals surface area contributed by atoms with Crippen LogP contribution in [-0.2, 0) is 10.3 Å². The fourth-order valence-corrected chi connectivity index (χ4v) is 3.16. The Morgan fingerprint density at radius 2 is 1.23 bits per heavy atom. The van der Waals surface area contributed by atoms with E-state index in [2.05, 4.69) is 0 Å². The number of benzene rings is 2. The highest BCUT2D eigenvalue weighted by atomic mass is 19.3. The van der Waals surface area contributed by atoms with E-state index in [-0.39, 0.29) is 23.2 Å². The molecule has 0 atom stereocenters. The number of rotatable bonds is 6. The molecule has 0 saturated heterocycles. The lowest BCUT2D eigenvalue weighted by molar-refractivity contribution is -0.0924. The van der Waals surface area contributed by atoms with Crippen molar-refractivity contribution in [3.05, 3.63) is 71.8 Å². The molecular formula is C21H25F2NO2. The zero-order valence-electron chi connectivity index (χ0n) is 15.5. The third-order valence-corrected chi connectivity index (χ3v) is 4.28. The number of hydrogen-bond donors (Lipinski definition) is 0. The molecule has 2 aromatic rings. The summed E-state index contributed by atoms with van der Waals surface area (Å²) < 4.78 is 34.5. The van der Waals surface area contributed by atoms with Crippen LogP contribution in [-0.4, -0.2) is 29.5 Å². The second-order valence-electron chi connectivity index (χ2n) is 6.73. The predicted octanol–water partition coefficient (Wildman–Crippen LogP) is 5.45. The van der Waals surface area contributed by atoms with E-state index in [1.54, 1.807) is 60.7 Å². The molecule has 0 fully saturated rings. The van der Waals surface area contributed by atoms with Crippen LogP contribution >= 0.6 is 0 Å². The third kappa shape index (κ3) is 3.87. The lowest BCUT2D eigenvalue weighted by Gasteiger charge is -2.38. The number of halogens is 2. The molecule has 0 aromatic heterocycles. The van der Waals surface area contributed by atoms with Gasteiger partial charge in [0.05, 0.1) is 0 Å². The van der Waals surface area contributed by atoms with Gasteiger partial charge in [-0.1, -0.05) is 60.7 Å². The molecular weight excluding hydrogens is 336 g/mol. The summed E-state index contributed by atoms with van der Waals surface area (Å²) in [4.78, 5) is 14.3. The average molecular weight is 361 g/mol. The molecule has 0 aliphatic carbocycles. The van der Waals surface area contributed by atoms with Crippen molar-refractivity contribution in [2.24, 2.45) is 0 Å². The molecule has 2 rings (SSSR count). The van der Waals surface area contributed by atoms with Crippen LogP contribution in [0.5, 0.6) is 0 Å². The highest BCUT2D eigenvalue weighted by molar-refractivity contribution is 5.70. The highest BCUT2D eigenvalue weighted by Crippen LogP contribution is 2.40. The van der Waals surface area contributed by atoms with Gasteiger partial charge in [0.15, 0.2) is 0 Å². The molecule has 3 nitrogen and oxygen atoms in total. The monoisotopic (exact) mass is 361 g/mol. The summed E-state index contributed by atoms with van der Waals surface area (Å²) in [6, 6.07) is 16.0. The van der Waals surface area contributed by atoms with Crippen LogP contribution in [0.4, 0.5) is 13.6 Å². The molecule has 1 amide bonds. The van der Waals surface area contributed by atoms with Crippen molar-refractivity contribution >= 4 is 6.09 Å². The summed E-state index contributed by atoms with van der Waals surface area (Å²) >= 11 is 0. The Morgan fingerprint density at radius 1 is 0.846 bits per heavy atom. The summed E-state index contributed by atoms with van der Waals surface area (Å²) in [6.45, 7) is 7.32. The van der Waals surface area contributed by atoms with Gasteiger partial charge in [-0.3, -0.25) is 0 Å². The van der Waals surface area contributed by atoms with Gasteiger partial charge in [0.2, 0.25) is 5.60 Å². The fourth-order valence-electron chi connectivity index (χ4n) is 3.16. The number of carbonyl (C=O) groups excluding carboxylic acids is 1. The molecule has 5 heteroatoms. The molecule has 0 saturated carbocycles. The zero-order chi connectivity index (χ0) is 19.3. The minimum absolute atomic E-state index is 0.176. The second kappa shape index (κ2) is 8.30. The summed E-state index contributed by atoms with van der Waals surface area (Å²) in [6.07, 6.45) is -3.69. The van der Waals surface area contributed by atoms with Gasteiger partial charge in [-0.25, -0.2) is 13.6 Å². The van der Waals surface area contributed by atoms with Gasteiger partial charge in [0.1, 0.15) is 0 Å². The standard InChI is InChI=1S/C21H25F2NO2/c1-15(2)24(16(3)4)20(25)26-21(19(22)23,17-11-7-5-8-12-17)18-13-9-6-10-14-18/h5-16,19H,1-4H3. The van der Waals surface area contributed by atoms with Gasteiger partial charge >= 0.3 is 6.09 Å². The molecule has 140 valence electrons. The van der Waals surface area contributed by atoms with Gasteiger partial charge in [0, 0.05) is 23.2 Å². The average Bonchev–Trinajstić information content (AvgIpc) is 2.60. The van der Waals surface area contributed by atoms with Crippen molar-refractivity contribution in [2.45, 2.75) is 51.8 Å². The van der Waals surface area contributed by atoms with E-state index in [0.29, 0.717) is 0 Å². The maximum atomic E-state index is 14.5. The van der Waals surface area contributed by atoms with Crippen LogP contribution in [0, 0.1) is 0 Å². The van der Waals surface area contributed by atoms with E-state index in [4.69, 9.17) is 4.74 Å². The van der Waals surface area contributed by atoms with Crippen molar-refractivity contribution in [1.82, 2.24) is 4.90 Å². The van der Waals surface area contributed by atoms with Gasteiger partial charge in [0.25, 0.3) is 6.43 Å². The Morgan fingerprint density at radius 3 is 1.54 bits per heavy atom. The molecule has 26 heavy (non-hydrogen) atoms. The molecule has 0 aliphatic heterocycles. The van der Waals surface area contributed by atoms with Crippen LogP contribution in [0.3, 0.4) is 0 Å². The molecule has 0 heterocycles. The lowest BCUT2D eigenvalue weighted by atomic mass is 9.86. The Bertz CT molecular complexity index is 655. The van der Waals surface area contributed by atoms with Crippen LogP contribution < -0.4 is 0 Å². The van der Waals surface area contributed by atoms with Crippen molar-refractivity contribution in [3.63, 3.8) is 0 Å².